The van der Waals surface area contributed by atoms with E-state index in [9.17, 15) is 14.4 Å². The van der Waals surface area contributed by atoms with Crippen molar-refractivity contribution in [3.63, 3.8) is 0 Å². The number of amides is 3. The van der Waals surface area contributed by atoms with Gasteiger partial charge in [-0.3, -0.25) is 14.4 Å². The van der Waals surface area contributed by atoms with Crippen LogP contribution in [0.2, 0.25) is 0 Å². The average Bonchev–Trinajstić information content (AvgIpc) is 3.26. The van der Waals surface area contributed by atoms with Gasteiger partial charge in [-0.2, -0.15) is 0 Å². The van der Waals surface area contributed by atoms with Crippen LogP contribution in [0.25, 0.3) is 21.9 Å². The van der Waals surface area contributed by atoms with E-state index in [0.717, 1.165) is 65.9 Å². The van der Waals surface area contributed by atoms with Crippen LogP contribution >= 0.6 is 0 Å². The summed E-state index contributed by atoms with van der Waals surface area (Å²) in [6.07, 6.45) is 6.13. The minimum absolute atomic E-state index is 0.193. The van der Waals surface area contributed by atoms with Crippen LogP contribution in [0, 0.1) is 17.8 Å². The Morgan fingerprint density at radius 3 is 2.23 bits per heavy atom. The monoisotopic (exact) mass is 692 g/mol. The highest BCUT2D eigenvalue weighted by Crippen LogP contribution is 2.40. The molecule has 3 atom stereocenters. The third-order valence-electron chi connectivity index (χ3n) is 11.0. The second kappa shape index (κ2) is 15.9. The van der Waals surface area contributed by atoms with Crippen molar-refractivity contribution in [3.05, 3.63) is 127 Å². The van der Waals surface area contributed by atoms with Gasteiger partial charge in [0.15, 0.2) is 0 Å². The highest BCUT2D eigenvalue weighted by molar-refractivity contribution is 6.04. The molecule has 7 heteroatoms. The number of nitrogens with one attached hydrogen (secondary N) is 1. The molecule has 7 nitrogen and oxygen atoms in total. The standard InChI is InChI=1S/C45H48N4O3/c1-2-3-21-38(43(46)50)39(27-31-13-11-14-31)44(51)47-40-30-48(37-19-5-4-6-20-37)41-22-9-10-23-42(41)49(45(40)52)29-32-15-12-18-34(26-32)36-25-24-33-16-7-8-17-35(33)28-36/h4-10,12,15-20,22-26,28,31,38-40H,2-3,11,13-14,21,27,29-30H2,1H3,(H2,46,50)(H,47,51). The summed E-state index contributed by atoms with van der Waals surface area (Å²) in [6.45, 7) is 2.63. The Labute approximate surface area is 306 Å². The molecule has 0 bridgehead atoms. The quantitative estimate of drug-likeness (QED) is 0.129. The molecular formula is C45H48N4O3. The van der Waals surface area contributed by atoms with Gasteiger partial charge in [0.2, 0.25) is 11.8 Å². The topological polar surface area (TPSA) is 95.7 Å². The van der Waals surface area contributed by atoms with Gasteiger partial charge in [-0.15, -0.1) is 0 Å². The molecule has 7 rings (SSSR count). The average molecular weight is 693 g/mol. The van der Waals surface area contributed by atoms with E-state index in [0.29, 0.717) is 25.3 Å². The zero-order valence-electron chi connectivity index (χ0n) is 29.9. The van der Waals surface area contributed by atoms with Crippen LogP contribution in [0.15, 0.2) is 121 Å². The van der Waals surface area contributed by atoms with E-state index in [-0.39, 0.29) is 18.4 Å². The van der Waals surface area contributed by atoms with E-state index in [2.05, 4.69) is 59.6 Å². The van der Waals surface area contributed by atoms with E-state index in [1.165, 1.54) is 10.8 Å². The van der Waals surface area contributed by atoms with E-state index in [1.54, 1.807) is 0 Å². The molecule has 1 saturated carbocycles. The van der Waals surface area contributed by atoms with Gasteiger partial charge in [0, 0.05) is 17.5 Å². The lowest BCUT2D eigenvalue weighted by Gasteiger charge is -2.34. The van der Waals surface area contributed by atoms with Crippen molar-refractivity contribution in [3.8, 4) is 11.1 Å². The van der Waals surface area contributed by atoms with Crippen LogP contribution < -0.4 is 20.9 Å². The predicted molar refractivity (Wildman–Crippen MR) is 210 cm³/mol. The molecule has 0 aromatic heterocycles. The highest BCUT2D eigenvalue weighted by atomic mass is 16.2. The Hall–Kier alpha value is -5.43. The fourth-order valence-corrected chi connectivity index (χ4v) is 7.90. The van der Waals surface area contributed by atoms with Gasteiger partial charge >= 0.3 is 0 Å². The highest BCUT2D eigenvalue weighted by Gasteiger charge is 2.40. The molecule has 0 spiro atoms. The maximum atomic E-state index is 14.9. The number of fused-ring (bicyclic) bond motifs is 2. The number of benzene rings is 5. The van der Waals surface area contributed by atoms with Crippen molar-refractivity contribution < 1.29 is 14.4 Å². The van der Waals surface area contributed by atoms with E-state index < -0.39 is 23.8 Å². The molecule has 3 N–H and O–H groups in total. The van der Waals surface area contributed by atoms with Gasteiger partial charge in [0.1, 0.15) is 6.04 Å². The summed E-state index contributed by atoms with van der Waals surface area (Å²) in [7, 11) is 0. The number of nitrogens with zero attached hydrogens (tertiary/aromatic N) is 2. The number of carbonyl (C=O) groups is 3. The number of primary amides is 1. The van der Waals surface area contributed by atoms with Crippen LogP contribution in [-0.2, 0) is 20.9 Å². The second-order valence-electron chi connectivity index (χ2n) is 14.5. The Morgan fingerprint density at radius 1 is 0.788 bits per heavy atom. The molecule has 5 aromatic carbocycles. The summed E-state index contributed by atoms with van der Waals surface area (Å²) >= 11 is 0. The van der Waals surface area contributed by atoms with Gasteiger partial charge in [-0.1, -0.05) is 124 Å². The van der Waals surface area contributed by atoms with Crippen molar-refractivity contribution in [2.24, 2.45) is 23.5 Å². The zero-order valence-corrected chi connectivity index (χ0v) is 29.9. The molecule has 2 aliphatic rings. The largest absolute Gasteiger partial charge is 0.369 e. The van der Waals surface area contributed by atoms with Gasteiger partial charge in [0.25, 0.3) is 5.91 Å². The van der Waals surface area contributed by atoms with E-state index in [1.807, 2.05) is 83.8 Å². The van der Waals surface area contributed by atoms with Gasteiger partial charge in [0.05, 0.1) is 24.5 Å². The number of anilines is 3. The van der Waals surface area contributed by atoms with Crippen molar-refractivity contribution in [2.75, 3.05) is 16.3 Å². The van der Waals surface area contributed by atoms with Crippen LogP contribution in [0.1, 0.15) is 57.4 Å². The van der Waals surface area contributed by atoms with Crippen LogP contribution in [-0.4, -0.2) is 30.3 Å². The molecule has 1 aliphatic carbocycles. The summed E-state index contributed by atoms with van der Waals surface area (Å²) < 4.78 is 0. The number of rotatable bonds is 13. The first-order chi connectivity index (χ1) is 25.4. The van der Waals surface area contributed by atoms with Gasteiger partial charge in [-0.25, -0.2) is 0 Å². The third-order valence-corrected chi connectivity index (χ3v) is 11.0. The summed E-state index contributed by atoms with van der Waals surface area (Å²) in [6, 6.07) is 40.2. The molecule has 5 aromatic rings. The molecular weight excluding hydrogens is 645 g/mol. The Balaban J connectivity index is 1.24. The smallest absolute Gasteiger partial charge is 0.251 e. The van der Waals surface area contributed by atoms with Crippen LogP contribution in [0.3, 0.4) is 0 Å². The summed E-state index contributed by atoms with van der Waals surface area (Å²) in [5.41, 5.74) is 11.7. The molecule has 0 radical (unpaired) electrons. The van der Waals surface area contributed by atoms with Crippen molar-refractivity contribution in [1.82, 2.24) is 5.32 Å². The first-order valence-corrected chi connectivity index (χ1v) is 18.8. The van der Waals surface area contributed by atoms with Crippen LogP contribution in [0.4, 0.5) is 17.1 Å². The Morgan fingerprint density at radius 2 is 1.50 bits per heavy atom. The van der Waals surface area contributed by atoms with Crippen molar-refractivity contribution >= 4 is 45.6 Å². The second-order valence-corrected chi connectivity index (χ2v) is 14.5. The van der Waals surface area contributed by atoms with E-state index >= 15 is 0 Å². The molecule has 0 saturated heterocycles. The fraction of sp³-hybridized carbons (Fsp3) is 0.311. The van der Waals surface area contributed by atoms with Crippen molar-refractivity contribution in [1.29, 1.82) is 0 Å². The molecule has 266 valence electrons. The first-order valence-electron chi connectivity index (χ1n) is 18.8. The molecule has 3 unspecified atom stereocenters. The Bertz CT molecular complexity index is 2040. The minimum Gasteiger partial charge on any atom is -0.369 e. The number of nitrogens with two attached hydrogens (primary N) is 1. The fourth-order valence-electron chi connectivity index (χ4n) is 7.90. The number of para-hydroxylation sites is 3. The third kappa shape index (κ3) is 7.59. The normalized spacial score (nSPS) is 17.2. The summed E-state index contributed by atoms with van der Waals surface area (Å²) in [4.78, 5) is 46.1. The predicted octanol–water partition coefficient (Wildman–Crippen LogP) is 8.77. The maximum Gasteiger partial charge on any atom is 0.251 e. The molecule has 1 fully saturated rings. The lowest BCUT2D eigenvalue weighted by molar-refractivity contribution is -0.136. The molecule has 3 amide bonds. The number of carbonyl (C=O) groups excluding carboxylic acids is 3. The minimum atomic E-state index is -0.868. The van der Waals surface area contributed by atoms with Gasteiger partial charge in [-0.05, 0) is 82.6 Å². The maximum absolute atomic E-state index is 14.9. The number of unbranched alkanes of at least 4 members (excludes halogenated alkanes) is 1. The summed E-state index contributed by atoms with van der Waals surface area (Å²) in [5.74, 6) is -1.65. The lowest BCUT2D eigenvalue weighted by atomic mass is 9.73. The van der Waals surface area contributed by atoms with Crippen LogP contribution in [0.5, 0.6) is 0 Å². The zero-order chi connectivity index (χ0) is 36.0. The molecule has 1 aliphatic heterocycles. The summed E-state index contributed by atoms with van der Waals surface area (Å²) in [5, 5.41) is 5.56. The number of hydrogen-bond donors (Lipinski definition) is 2. The Kier molecular flexibility index (Phi) is 10.7. The lowest BCUT2D eigenvalue weighted by Crippen LogP contribution is -2.54. The van der Waals surface area contributed by atoms with E-state index in [4.69, 9.17) is 5.73 Å². The first kappa shape index (κ1) is 35.0. The van der Waals surface area contributed by atoms with Crippen molar-refractivity contribution in [2.45, 2.75) is 64.5 Å². The van der Waals surface area contributed by atoms with Gasteiger partial charge < -0.3 is 20.9 Å². The number of hydrogen-bond acceptors (Lipinski definition) is 4. The molecule has 1 heterocycles. The SMILES string of the molecule is CCCCC(C(N)=O)C(CC1CCC1)C(=O)NC1CN(c2ccccc2)c2ccccc2N(Cc2cccc(-c3ccc4ccccc4c3)c2)C1=O. The molecule has 52 heavy (non-hydrogen) atoms.